The van der Waals surface area contributed by atoms with Gasteiger partial charge in [-0.25, -0.2) is 4.79 Å². The molecule has 0 spiro atoms. The smallest absolute Gasteiger partial charge is 0.315 e. The van der Waals surface area contributed by atoms with Gasteiger partial charge in [-0.2, -0.15) is 0 Å². The molecule has 1 aliphatic carbocycles. The molecule has 0 aliphatic heterocycles. The van der Waals surface area contributed by atoms with Crippen LogP contribution in [0.3, 0.4) is 0 Å². The number of urea groups is 1. The lowest BCUT2D eigenvalue weighted by molar-refractivity contribution is 0.228. The molecule has 0 bridgehead atoms. The normalized spacial score (nSPS) is 20.0. The van der Waals surface area contributed by atoms with E-state index in [4.69, 9.17) is 9.84 Å². The van der Waals surface area contributed by atoms with Crippen LogP contribution in [0.15, 0.2) is 30.4 Å². The molecule has 2 amide bonds. The molecule has 22 heavy (non-hydrogen) atoms. The summed E-state index contributed by atoms with van der Waals surface area (Å²) >= 11 is 0. The van der Waals surface area contributed by atoms with Crippen LogP contribution in [-0.2, 0) is 0 Å². The molecule has 2 rings (SSSR count). The summed E-state index contributed by atoms with van der Waals surface area (Å²) in [7, 11) is 0. The topological polar surface area (TPSA) is 70.6 Å². The number of aryl methyl sites for hydroxylation is 2. The van der Waals surface area contributed by atoms with E-state index in [2.05, 4.69) is 16.7 Å². The second-order valence-corrected chi connectivity index (χ2v) is 5.74. The van der Waals surface area contributed by atoms with Crippen LogP contribution >= 0.6 is 0 Å². The lowest BCUT2D eigenvalue weighted by Crippen LogP contribution is -2.42. The molecule has 0 fully saturated rings. The summed E-state index contributed by atoms with van der Waals surface area (Å²) < 4.78 is 5.63. The maximum atomic E-state index is 11.7. The van der Waals surface area contributed by atoms with Gasteiger partial charge in [0.05, 0.1) is 6.54 Å². The van der Waals surface area contributed by atoms with Crippen molar-refractivity contribution < 1.29 is 14.6 Å². The number of nitrogens with one attached hydrogen (secondary N) is 2. The number of amides is 2. The first kappa shape index (κ1) is 16.4. The molecule has 5 nitrogen and oxygen atoms in total. The van der Waals surface area contributed by atoms with Crippen LogP contribution in [0.4, 0.5) is 4.79 Å². The largest absolute Gasteiger partial charge is 0.492 e. The van der Waals surface area contributed by atoms with Crippen molar-refractivity contribution in [1.82, 2.24) is 10.6 Å². The van der Waals surface area contributed by atoms with Crippen molar-refractivity contribution in [1.29, 1.82) is 0 Å². The van der Waals surface area contributed by atoms with Crippen LogP contribution in [0.2, 0.25) is 0 Å². The number of carbonyl (C=O) groups is 1. The monoisotopic (exact) mass is 304 g/mol. The van der Waals surface area contributed by atoms with Gasteiger partial charge in [0, 0.05) is 18.6 Å². The molecule has 0 unspecified atom stereocenters. The number of hydrogen-bond acceptors (Lipinski definition) is 3. The Bertz CT molecular complexity index is 522. The van der Waals surface area contributed by atoms with E-state index < -0.39 is 0 Å². The third kappa shape index (κ3) is 5.07. The molecular formula is C17H24N2O3. The summed E-state index contributed by atoms with van der Waals surface area (Å²) in [6.07, 6.45) is 4.61. The van der Waals surface area contributed by atoms with Crippen molar-refractivity contribution in [3.63, 3.8) is 0 Å². The highest BCUT2D eigenvalue weighted by molar-refractivity contribution is 5.74. The molecule has 1 aromatic carbocycles. The lowest BCUT2D eigenvalue weighted by Gasteiger charge is -2.14. The molecule has 5 heteroatoms. The van der Waals surface area contributed by atoms with Gasteiger partial charge in [0.1, 0.15) is 12.4 Å². The van der Waals surface area contributed by atoms with E-state index in [0.717, 1.165) is 23.3 Å². The summed E-state index contributed by atoms with van der Waals surface area (Å²) in [6.45, 7) is 5.05. The van der Waals surface area contributed by atoms with Gasteiger partial charge in [0.15, 0.2) is 0 Å². The lowest BCUT2D eigenvalue weighted by atomic mass is 10.1. The molecule has 0 heterocycles. The Kier molecular flexibility index (Phi) is 5.83. The van der Waals surface area contributed by atoms with E-state index in [-0.39, 0.29) is 24.6 Å². The number of aliphatic hydroxyl groups is 1. The molecule has 0 saturated carbocycles. The maximum absolute atomic E-state index is 11.7. The van der Waals surface area contributed by atoms with Crippen molar-refractivity contribution in [2.75, 3.05) is 19.8 Å². The van der Waals surface area contributed by atoms with Gasteiger partial charge >= 0.3 is 6.03 Å². The zero-order valence-electron chi connectivity index (χ0n) is 13.1. The van der Waals surface area contributed by atoms with Crippen LogP contribution in [0, 0.1) is 19.8 Å². The molecule has 2 atom stereocenters. The van der Waals surface area contributed by atoms with Crippen molar-refractivity contribution in [3.8, 4) is 5.75 Å². The van der Waals surface area contributed by atoms with Crippen LogP contribution in [-0.4, -0.2) is 36.9 Å². The Morgan fingerprint density at radius 2 is 2.00 bits per heavy atom. The van der Waals surface area contributed by atoms with E-state index in [1.165, 1.54) is 0 Å². The SMILES string of the molecule is Cc1cc(C)cc(OCCNC(=O)N[C@@H]2C=C[C@H](CO)C2)c1. The minimum absolute atomic E-state index is 0.00232. The second kappa shape index (κ2) is 7.84. The zero-order valence-corrected chi connectivity index (χ0v) is 13.1. The highest BCUT2D eigenvalue weighted by Crippen LogP contribution is 2.17. The standard InChI is InChI=1S/C17H24N2O3/c1-12-7-13(2)9-16(8-12)22-6-5-18-17(21)19-15-4-3-14(10-15)11-20/h3-4,7-9,14-15,20H,5-6,10-11H2,1-2H3,(H2,18,19,21)/t14-,15+/m0/s1. The fourth-order valence-electron chi connectivity index (χ4n) is 2.59. The fourth-order valence-corrected chi connectivity index (χ4v) is 2.59. The maximum Gasteiger partial charge on any atom is 0.315 e. The highest BCUT2D eigenvalue weighted by Gasteiger charge is 2.19. The van der Waals surface area contributed by atoms with Crippen LogP contribution in [0.1, 0.15) is 17.5 Å². The number of ether oxygens (including phenoxy) is 1. The Balaban J connectivity index is 1.64. The second-order valence-electron chi connectivity index (χ2n) is 5.74. The zero-order chi connectivity index (χ0) is 15.9. The summed E-state index contributed by atoms with van der Waals surface area (Å²) in [4.78, 5) is 11.7. The number of carbonyl (C=O) groups excluding carboxylic acids is 1. The van der Waals surface area contributed by atoms with Crippen molar-refractivity contribution in [3.05, 3.63) is 41.5 Å². The molecular weight excluding hydrogens is 280 g/mol. The van der Waals surface area contributed by atoms with E-state index in [1.54, 1.807) is 0 Å². The Morgan fingerprint density at radius 3 is 2.64 bits per heavy atom. The van der Waals surface area contributed by atoms with Gasteiger partial charge in [-0.15, -0.1) is 0 Å². The quantitative estimate of drug-likeness (QED) is 0.555. The first-order valence-corrected chi connectivity index (χ1v) is 7.61. The third-order valence-electron chi connectivity index (χ3n) is 3.57. The number of benzene rings is 1. The van der Waals surface area contributed by atoms with Crippen molar-refractivity contribution in [2.24, 2.45) is 5.92 Å². The van der Waals surface area contributed by atoms with Crippen molar-refractivity contribution in [2.45, 2.75) is 26.3 Å². The Hall–Kier alpha value is -2.01. The van der Waals surface area contributed by atoms with Crippen molar-refractivity contribution >= 4 is 6.03 Å². The van der Waals surface area contributed by atoms with Crippen LogP contribution in [0.25, 0.3) is 0 Å². The highest BCUT2D eigenvalue weighted by atomic mass is 16.5. The Morgan fingerprint density at radius 1 is 1.27 bits per heavy atom. The fraction of sp³-hybridized carbons (Fsp3) is 0.471. The van der Waals surface area contributed by atoms with Gasteiger partial charge in [0.2, 0.25) is 0 Å². The molecule has 0 aromatic heterocycles. The third-order valence-corrected chi connectivity index (χ3v) is 3.57. The molecule has 0 radical (unpaired) electrons. The number of aliphatic hydroxyl groups excluding tert-OH is 1. The minimum atomic E-state index is -0.211. The predicted octanol–water partition coefficient (Wildman–Crippen LogP) is 1.92. The van der Waals surface area contributed by atoms with Crippen LogP contribution in [0.5, 0.6) is 5.75 Å². The van der Waals surface area contributed by atoms with Gasteiger partial charge in [-0.05, 0) is 43.5 Å². The van der Waals surface area contributed by atoms with E-state index in [1.807, 2.05) is 38.1 Å². The molecule has 1 aliphatic rings. The molecule has 3 N–H and O–H groups in total. The first-order chi connectivity index (χ1) is 10.6. The number of rotatable bonds is 6. The first-order valence-electron chi connectivity index (χ1n) is 7.61. The summed E-state index contributed by atoms with van der Waals surface area (Å²) in [5.41, 5.74) is 2.32. The molecule has 1 aromatic rings. The average molecular weight is 304 g/mol. The molecule has 120 valence electrons. The number of hydrogen-bond donors (Lipinski definition) is 3. The predicted molar refractivity (Wildman–Crippen MR) is 86.1 cm³/mol. The average Bonchev–Trinajstić information content (AvgIpc) is 2.90. The molecule has 0 saturated heterocycles. The van der Waals surface area contributed by atoms with Gasteiger partial charge in [-0.1, -0.05) is 18.2 Å². The Labute approximate surface area is 131 Å². The summed E-state index contributed by atoms with van der Waals surface area (Å²) in [5, 5.41) is 14.7. The van der Waals surface area contributed by atoms with Gasteiger partial charge in [0.25, 0.3) is 0 Å². The minimum Gasteiger partial charge on any atom is -0.492 e. The van der Waals surface area contributed by atoms with E-state index in [0.29, 0.717) is 13.2 Å². The van der Waals surface area contributed by atoms with Crippen LogP contribution < -0.4 is 15.4 Å². The van der Waals surface area contributed by atoms with Gasteiger partial charge in [-0.3, -0.25) is 0 Å². The van der Waals surface area contributed by atoms with E-state index >= 15 is 0 Å². The van der Waals surface area contributed by atoms with E-state index in [9.17, 15) is 4.79 Å². The summed E-state index contributed by atoms with van der Waals surface area (Å²) in [6, 6.07) is 5.83. The van der Waals surface area contributed by atoms with Gasteiger partial charge < -0.3 is 20.5 Å². The summed E-state index contributed by atoms with van der Waals surface area (Å²) in [5.74, 6) is 0.974.